The SMILES string of the molecule is CCOc1ccc(N2C(=O)/C(=C\c3ccc(OCC(C)C)c(OC)c3)SC2=S)cc1. The standard InChI is InChI=1S/C23H25NO4S2/c1-5-27-18-9-7-17(8-10-18)24-22(25)21(30-23(24)29)13-16-6-11-19(20(12-16)26-4)28-14-15(2)3/h6-13,15H,5,14H2,1-4H3/b21-13+. The predicted molar refractivity (Wildman–Crippen MR) is 127 cm³/mol. The van der Waals surface area contributed by atoms with Crippen LogP contribution in [0.3, 0.4) is 0 Å². The number of hydrogen-bond donors (Lipinski definition) is 0. The Balaban J connectivity index is 1.81. The fourth-order valence-electron chi connectivity index (χ4n) is 2.85. The van der Waals surface area contributed by atoms with Crippen LogP contribution in [0.2, 0.25) is 0 Å². The van der Waals surface area contributed by atoms with Crippen molar-refractivity contribution in [3.63, 3.8) is 0 Å². The van der Waals surface area contributed by atoms with Crippen LogP contribution < -0.4 is 19.1 Å². The number of hydrogen-bond acceptors (Lipinski definition) is 6. The van der Waals surface area contributed by atoms with E-state index < -0.39 is 0 Å². The lowest BCUT2D eigenvalue weighted by atomic mass is 10.1. The third-order valence-corrected chi connectivity index (χ3v) is 5.56. The maximum atomic E-state index is 13.0. The highest BCUT2D eigenvalue weighted by atomic mass is 32.2. The number of nitrogens with zero attached hydrogens (tertiary/aromatic N) is 1. The molecule has 1 aliphatic heterocycles. The van der Waals surface area contributed by atoms with Gasteiger partial charge in [0.15, 0.2) is 15.8 Å². The fourth-order valence-corrected chi connectivity index (χ4v) is 4.15. The van der Waals surface area contributed by atoms with E-state index in [0.717, 1.165) is 17.0 Å². The molecule has 3 rings (SSSR count). The Morgan fingerprint density at radius 1 is 1.10 bits per heavy atom. The lowest BCUT2D eigenvalue weighted by molar-refractivity contribution is -0.113. The Bertz CT molecular complexity index is 954. The first kappa shape index (κ1) is 22.2. The predicted octanol–water partition coefficient (Wildman–Crippen LogP) is 5.53. The molecule has 0 unspecified atom stereocenters. The van der Waals surface area contributed by atoms with Crippen molar-refractivity contribution in [3.8, 4) is 17.2 Å². The number of thiocarbonyl (C=S) groups is 1. The zero-order chi connectivity index (χ0) is 21.7. The number of amides is 1. The topological polar surface area (TPSA) is 48.0 Å². The molecule has 1 fully saturated rings. The Morgan fingerprint density at radius 3 is 2.47 bits per heavy atom. The molecule has 0 saturated carbocycles. The number of anilines is 1. The van der Waals surface area contributed by atoms with Gasteiger partial charge in [-0.2, -0.15) is 0 Å². The van der Waals surface area contributed by atoms with Crippen molar-refractivity contribution in [2.24, 2.45) is 5.92 Å². The van der Waals surface area contributed by atoms with Crippen LogP contribution in [-0.2, 0) is 4.79 Å². The third-order valence-electron chi connectivity index (χ3n) is 4.26. The monoisotopic (exact) mass is 443 g/mol. The Hall–Kier alpha value is -2.51. The van der Waals surface area contributed by atoms with Crippen molar-refractivity contribution in [2.75, 3.05) is 25.2 Å². The maximum Gasteiger partial charge on any atom is 0.270 e. The summed E-state index contributed by atoms with van der Waals surface area (Å²) in [6.45, 7) is 7.31. The van der Waals surface area contributed by atoms with Crippen LogP contribution in [0, 0.1) is 5.92 Å². The first-order valence-corrected chi connectivity index (χ1v) is 11.0. The summed E-state index contributed by atoms with van der Waals surface area (Å²) in [5, 5.41) is 0. The summed E-state index contributed by atoms with van der Waals surface area (Å²) in [5.74, 6) is 2.35. The molecule has 0 N–H and O–H groups in total. The molecule has 30 heavy (non-hydrogen) atoms. The molecule has 0 bridgehead atoms. The number of ether oxygens (including phenoxy) is 3. The first-order valence-electron chi connectivity index (χ1n) is 9.74. The minimum atomic E-state index is -0.145. The van der Waals surface area contributed by atoms with Crippen molar-refractivity contribution in [1.82, 2.24) is 0 Å². The van der Waals surface area contributed by atoms with E-state index in [1.54, 1.807) is 12.0 Å². The van der Waals surface area contributed by atoms with Gasteiger partial charge in [0.25, 0.3) is 5.91 Å². The van der Waals surface area contributed by atoms with E-state index in [-0.39, 0.29) is 5.91 Å². The largest absolute Gasteiger partial charge is 0.494 e. The lowest BCUT2D eigenvalue weighted by Gasteiger charge is -2.15. The normalized spacial score (nSPS) is 15.2. The van der Waals surface area contributed by atoms with Gasteiger partial charge in [0.05, 0.1) is 30.9 Å². The minimum Gasteiger partial charge on any atom is -0.494 e. The van der Waals surface area contributed by atoms with E-state index in [1.807, 2.05) is 55.5 Å². The van der Waals surface area contributed by atoms with Gasteiger partial charge in [-0.15, -0.1) is 0 Å². The van der Waals surface area contributed by atoms with E-state index in [4.69, 9.17) is 26.4 Å². The van der Waals surface area contributed by atoms with Crippen molar-refractivity contribution in [3.05, 3.63) is 52.9 Å². The van der Waals surface area contributed by atoms with Gasteiger partial charge in [0.2, 0.25) is 0 Å². The van der Waals surface area contributed by atoms with Crippen LogP contribution in [-0.4, -0.2) is 30.6 Å². The smallest absolute Gasteiger partial charge is 0.270 e. The lowest BCUT2D eigenvalue weighted by Crippen LogP contribution is -2.27. The second-order valence-electron chi connectivity index (χ2n) is 7.06. The number of carbonyl (C=O) groups excluding carboxylic acids is 1. The van der Waals surface area contributed by atoms with Gasteiger partial charge < -0.3 is 14.2 Å². The number of carbonyl (C=O) groups is 1. The number of benzene rings is 2. The average molecular weight is 444 g/mol. The highest BCUT2D eigenvalue weighted by molar-refractivity contribution is 8.27. The number of methoxy groups -OCH3 is 1. The molecule has 7 heteroatoms. The quantitative estimate of drug-likeness (QED) is 0.395. The molecule has 0 radical (unpaired) electrons. The summed E-state index contributed by atoms with van der Waals surface area (Å²) in [4.78, 5) is 15.1. The molecule has 0 spiro atoms. The molecule has 1 amide bonds. The highest BCUT2D eigenvalue weighted by Crippen LogP contribution is 2.37. The van der Waals surface area contributed by atoms with Crippen LogP contribution in [0.1, 0.15) is 26.3 Å². The summed E-state index contributed by atoms with van der Waals surface area (Å²) in [5.41, 5.74) is 1.57. The molecule has 1 heterocycles. The second kappa shape index (κ2) is 10.00. The van der Waals surface area contributed by atoms with Crippen molar-refractivity contribution >= 4 is 46.0 Å². The van der Waals surface area contributed by atoms with E-state index in [1.165, 1.54) is 11.8 Å². The Kier molecular flexibility index (Phi) is 7.39. The zero-order valence-electron chi connectivity index (χ0n) is 17.5. The van der Waals surface area contributed by atoms with Crippen LogP contribution in [0.4, 0.5) is 5.69 Å². The van der Waals surface area contributed by atoms with E-state index in [9.17, 15) is 4.79 Å². The van der Waals surface area contributed by atoms with Crippen molar-refractivity contribution < 1.29 is 19.0 Å². The fraction of sp³-hybridized carbons (Fsp3) is 0.304. The summed E-state index contributed by atoms with van der Waals surface area (Å²) in [6, 6.07) is 13.0. The third kappa shape index (κ3) is 5.15. The van der Waals surface area contributed by atoms with Gasteiger partial charge in [0.1, 0.15) is 5.75 Å². The van der Waals surface area contributed by atoms with Crippen LogP contribution in [0.25, 0.3) is 6.08 Å². The van der Waals surface area contributed by atoms with E-state index in [0.29, 0.717) is 39.9 Å². The van der Waals surface area contributed by atoms with Crippen LogP contribution in [0.15, 0.2) is 47.4 Å². The van der Waals surface area contributed by atoms with Crippen LogP contribution >= 0.6 is 24.0 Å². The van der Waals surface area contributed by atoms with E-state index in [2.05, 4.69) is 13.8 Å². The van der Waals surface area contributed by atoms with Crippen LogP contribution in [0.5, 0.6) is 17.2 Å². The Morgan fingerprint density at radius 2 is 1.83 bits per heavy atom. The molecular formula is C23H25NO4S2. The molecule has 0 aromatic heterocycles. The van der Waals surface area contributed by atoms with E-state index >= 15 is 0 Å². The molecule has 158 valence electrons. The van der Waals surface area contributed by atoms with Gasteiger partial charge in [-0.05, 0) is 60.9 Å². The summed E-state index contributed by atoms with van der Waals surface area (Å²) < 4.78 is 17.2. The van der Waals surface area contributed by atoms with Gasteiger partial charge in [-0.25, -0.2) is 0 Å². The molecule has 2 aromatic carbocycles. The molecule has 2 aromatic rings. The minimum absolute atomic E-state index is 0.145. The molecule has 0 aliphatic carbocycles. The number of thioether (sulfide) groups is 1. The summed E-state index contributed by atoms with van der Waals surface area (Å²) in [6.07, 6.45) is 1.82. The molecular weight excluding hydrogens is 418 g/mol. The van der Waals surface area contributed by atoms with Gasteiger partial charge in [-0.1, -0.05) is 43.9 Å². The second-order valence-corrected chi connectivity index (χ2v) is 8.73. The average Bonchev–Trinajstić information content (AvgIpc) is 3.00. The number of rotatable bonds is 8. The summed E-state index contributed by atoms with van der Waals surface area (Å²) in [7, 11) is 1.60. The van der Waals surface area contributed by atoms with Crippen molar-refractivity contribution in [2.45, 2.75) is 20.8 Å². The Labute approximate surface area is 187 Å². The zero-order valence-corrected chi connectivity index (χ0v) is 19.1. The first-order chi connectivity index (χ1) is 14.4. The molecule has 5 nitrogen and oxygen atoms in total. The van der Waals surface area contributed by atoms with Gasteiger partial charge in [-0.3, -0.25) is 9.69 Å². The van der Waals surface area contributed by atoms with Crippen molar-refractivity contribution in [1.29, 1.82) is 0 Å². The maximum absolute atomic E-state index is 13.0. The summed E-state index contributed by atoms with van der Waals surface area (Å²) >= 11 is 6.74. The molecule has 0 atom stereocenters. The highest BCUT2D eigenvalue weighted by Gasteiger charge is 2.33. The molecule has 1 aliphatic rings. The van der Waals surface area contributed by atoms with Gasteiger partial charge >= 0.3 is 0 Å². The van der Waals surface area contributed by atoms with Gasteiger partial charge in [0, 0.05) is 0 Å². The molecule has 1 saturated heterocycles.